The van der Waals surface area contributed by atoms with Crippen molar-refractivity contribution in [1.82, 2.24) is 9.97 Å². The van der Waals surface area contributed by atoms with Crippen LogP contribution < -0.4 is 10.9 Å². The van der Waals surface area contributed by atoms with E-state index in [1.165, 1.54) is 11.8 Å². The van der Waals surface area contributed by atoms with Crippen molar-refractivity contribution >= 4 is 58.3 Å². The van der Waals surface area contributed by atoms with Crippen LogP contribution in [0.5, 0.6) is 0 Å². The molecule has 1 aromatic carbocycles. The van der Waals surface area contributed by atoms with E-state index in [1.54, 1.807) is 30.0 Å². The molecular weight excluding hydrogens is 377 g/mol. The maximum atomic E-state index is 12.0. The molecule has 0 spiro atoms. The van der Waals surface area contributed by atoms with E-state index in [9.17, 15) is 9.59 Å². The zero-order chi connectivity index (χ0) is 16.4. The summed E-state index contributed by atoms with van der Waals surface area (Å²) in [4.78, 5) is 31.0. The Balaban J connectivity index is 1.66. The molecule has 0 saturated carbocycles. The van der Waals surface area contributed by atoms with Crippen molar-refractivity contribution < 1.29 is 4.79 Å². The zero-order valence-electron chi connectivity index (χ0n) is 11.7. The number of rotatable bonds is 4. The lowest BCUT2D eigenvalue weighted by molar-refractivity contribution is -0.113. The van der Waals surface area contributed by atoms with E-state index >= 15 is 0 Å². The molecule has 120 valence electrons. The maximum Gasteiger partial charge on any atom is 0.255 e. The number of halogens is 2. The van der Waals surface area contributed by atoms with Crippen LogP contribution in [0.3, 0.4) is 0 Å². The lowest BCUT2D eigenvalue weighted by atomic mass is 10.3. The number of benzene rings is 1. The van der Waals surface area contributed by atoms with E-state index in [4.69, 9.17) is 23.2 Å². The number of carbonyl (C=O) groups excluding carboxylic acids is 1. The molecule has 23 heavy (non-hydrogen) atoms. The molecule has 0 fully saturated rings. The lowest BCUT2D eigenvalue weighted by Crippen LogP contribution is -2.17. The third-order valence-corrected chi connectivity index (χ3v) is 5.61. The minimum Gasteiger partial charge on any atom is -0.323 e. The number of anilines is 1. The highest BCUT2D eigenvalue weighted by Crippen LogP contribution is 2.30. The van der Waals surface area contributed by atoms with Gasteiger partial charge >= 0.3 is 0 Å². The Hall–Kier alpha value is -1.15. The van der Waals surface area contributed by atoms with Gasteiger partial charge in [0.1, 0.15) is 0 Å². The minimum absolute atomic E-state index is 0.0937. The average molecular weight is 388 g/mol. The summed E-state index contributed by atoms with van der Waals surface area (Å²) in [6.45, 7) is 0. The van der Waals surface area contributed by atoms with Gasteiger partial charge in [-0.15, -0.1) is 0 Å². The smallest absolute Gasteiger partial charge is 0.255 e. The number of para-hydroxylation sites is 1. The number of aromatic amines is 1. The number of hydrogen-bond acceptors (Lipinski definition) is 5. The molecule has 9 heteroatoms. The second-order valence-electron chi connectivity index (χ2n) is 4.72. The summed E-state index contributed by atoms with van der Waals surface area (Å²) in [5.74, 6) is 1.24. The third-order valence-electron chi connectivity index (χ3n) is 3.13. The Morgan fingerprint density at radius 2 is 2.09 bits per heavy atom. The summed E-state index contributed by atoms with van der Waals surface area (Å²) in [7, 11) is 0. The molecule has 3 rings (SSSR count). The Labute approximate surface area is 150 Å². The monoisotopic (exact) mass is 387 g/mol. The summed E-state index contributed by atoms with van der Waals surface area (Å²) < 4.78 is 0. The van der Waals surface area contributed by atoms with E-state index in [0.29, 0.717) is 26.6 Å². The number of H-pyrrole nitrogens is 1. The van der Waals surface area contributed by atoms with Gasteiger partial charge in [-0.1, -0.05) is 41.0 Å². The Morgan fingerprint density at radius 3 is 2.83 bits per heavy atom. The molecular formula is C14H11Cl2N3O2S2. The molecule has 2 heterocycles. The standard InChI is InChI=1S/C14H11Cl2N3O2S2/c15-8-2-1-3-9(16)12(8)18-11(20)6-23-14-17-10-5-22-4-7(10)13(21)19-14/h1-3H,4-6H2,(H,18,20)(H,17,19,21). The van der Waals surface area contributed by atoms with Gasteiger partial charge in [0.05, 0.1) is 27.2 Å². The van der Waals surface area contributed by atoms with Crippen LogP contribution in [0.2, 0.25) is 10.0 Å². The van der Waals surface area contributed by atoms with Crippen molar-refractivity contribution in [3.8, 4) is 0 Å². The van der Waals surface area contributed by atoms with Gasteiger partial charge in [0.2, 0.25) is 5.91 Å². The summed E-state index contributed by atoms with van der Waals surface area (Å²) in [5.41, 5.74) is 1.78. The van der Waals surface area contributed by atoms with Crippen LogP contribution >= 0.6 is 46.7 Å². The number of amides is 1. The minimum atomic E-state index is -0.275. The predicted octanol–water partition coefficient (Wildman–Crippen LogP) is 3.55. The first kappa shape index (κ1) is 16.7. The molecule has 0 saturated heterocycles. The topological polar surface area (TPSA) is 74.8 Å². The van der Waals surface area contributed by atoms with Gasteiger partial charge in [-0.05, 0) is 12.1 Å². The van der Waals surface area contributed by atoms with Crippen LogP contribution in [0, 0.1) is 0 Å². The van der Waals surface area contributed by atoms with Crippen molar-refractivity contribution in [3.63, 3.8) is 0 Å². The highest BCUT2D eigenvalue weighted by Gasteiger charge is 2.18. The van der Waals surface area contributed by atoms with E-state index in [0.717, 1.165) is 17.0 Å². The van der Waals surface area contributed by atoms with Gasteiger partial charge in [-0.2, -0.15) is 11.8 Å². The molecule has 2 aromatic rings. The van der Waals surface area contributed by atoms with E-state index in [2.05, 4.69) is 15.3 Å². The highest BCUT2D eigenvalue weighted by molar-refractivity contribution is 7.99. The van der Waals surface area contributed by atoms with E-state index < -0.39 is 0 Å². The van der Waals surface area contributed by atoms with Crippen LogP contribution in [-0.2, 0) is 16.3 Å². The second-order valence-corrected chi connectivity index (χ2v) is 7.49. The number of thioether (sulfide) groups is 2. The molecule has 1 aliphatic rings. The SMILES string of the molecule is O=C(CSc1nc2c(c(=O)[nH]1)CSC2)Nc1c(Cl)cccc1Cl. The molecule has 2 N–H and O–H groups in total. The Bertz CT molecular complexity index is 806. The normalized spacial score (nSPS) is 13.0. The molecule has 0 aliphatic carbocycles. The van der Waals surface area contributed by atoms with E-state index in [1.807, 2.05) is 0 Å². The van der Waals surface area contributed by atoms with Gasteiger partial charge in [-0.25, -0.2) is 4.98 Å². The predicted molar refractivity (Wildman–Crippen MR) is 95.7 cm³/mol. The van der Waals surface area contributed by atoms with Gasteiger partial charge in [0, 0.05) is 17.1 Å². The van der Waals surface area contributed by atoms with Crippen LogP contribution in [0.1, 0.15) is 11.3 Å². The van der Waals surface area contributed by atoms with E-state index in [-0.39, 0.29) is 17.2 Å². The first-order valence-electron chi connectivity index (χ1n) is 6.61. The molecule has 1 aromatic heterocycles. The first-order valence-corrected chi connectivity index (χ1v) is 9.50. The number of nitrogens with one attached hydrogen (secondary N) is 2. The quantitative estimate of drug-likeness (QED) is 0.619. The van der Waals surface area contributed by atoms with Crippen LogP contribution in [0.15, 0.2) is 28.2 Å². The van der Waals surface area contributed by atoms with Gasteiger partial charge in [0.15, 0.2) is 5.16 Å². The van der Waals surface area contributed by atoms with Crippen molar-refractivity contribution in [2.45, 2.75) is 16.7 Å². The number of hydrogen-bond donors (Lipinski definition) is 2. The maximum absolute atomic E-state index is 12.0. The number of nitrogens with zero attached hydrogens (tertiary/aromatic N) is 1. The second kappa shape index (κ2) is 7.17. The van der Waals surface area contributed by atoms with Crippen molar-refractivity contribution in [2.24, 2.45) is 0 Å². The van der Waals surface area contributed by atoms with Crippen molar-refractivity contribution in [2.75, 3.05) is 11.1 Å². The lowest BCUT2D eigenvalue weighted by Gasteiger charge is -2.09. The zero-order valence-corrected chi connectivity index (χ0v) is 14.8. The first-order chi connectivity index (χ1) is 11.0. The van der Waals surface area contributed by atoms with Gasteiger partial charge in [-0.3, -0.25) is 9.59 Å². The van der Waals surface area contributed by atoms with Gasteiger partial charge < -0.3 is 10.3 Å². The fraction of sp³-hybridized carbons (Fsp3) is 0.214. The average Bonchev–Trinajstić information content (AvgIpc) is 2.98. The number of carbonyl (C=O) groups is 1. The third kappa shape index (κ3) is 3.85. The van der Waals surface area contributed by atoms with Crippen LogP contribution in [-0.4, -0.2) is 21.6 Å². The van der Waals surface area contributed by atoms with Crippen molar-refractivity contribution in [1.29, 1.82) is 0 Å². The molecule has 5 nitrogen and oxygen atoms in total. The fourth-order valence-corrected chi connectivity index (χ4v) is 4.24. The Morgan fingerprint density at radius 1 is 1.35 bits per heavy atom. The van der Waals surface area contributed by atoms with Gasteiger partial charge in [0.25, 0.3) is 5.56 Å². The highest BCUT2D eigenvalue weighted by atomic mass is 35.5. The molecule has 0 unspecified atom stereocenters. The molecule has 0 bridgehead atoms. The summed E-state index contributed by atoms with van der Waals surface area (Å²) in [6.07, 6.45) is 0. The summed E-state index contributed by atoms with van der Waals surface area (Å²) in [6, 6.07) is 4.99. The molecule has 1 aliphatic heterocycles. The van der Waals surface area contributed by atoms with Crippen LogP contribution in [0.25, 0.3) is 0 Å². The number of fused-ring (bicyclic) bond motifs is 1. The van der Waals surface area contributed by atoms with Crippen LogP contribution in [0.4, 0.5) is 5.69 Å². The summed E-state index contributed by atoms with van der Waals surface area (Å²) >= 11 is 14.8. The van der Waals surface area contributed by atoms with Crippen molar-refractivity contribution in [3.05, 3.63) is 49.9 Å². The summed E-state index contributed by atoms with van der Waals surface area (Å²) in [5, 5.41) is 3.85. The molecule has 1 amide bonds. The largest absolute Gasteiger partial charge is 0.323 e. The molecule has 0 atom stereocenters. The fourth-order valence-electron chi connectivity index (χ4n) is 2.03. The molecule has 0 radical (unpaired) electrons. The number of aromatic nitrogens is 2. The Kier molecular flexibility index (Phi) is 5.21.